The van der Waals surface area contributed by atoms with Gasteiger partial charge in [0.1, 0.15) is 5.75 Å². The lowest BCUT2D eigenvalue weighted by Gasteiger charge is -2.15. The highest BCUT2D eigenvalue weighted by Gasteiger charge is 2.13. The van der Waals surface area contributed by atoms with E-state index in [2.05, 4.69) is 5.32 Å². The summed E-state index contributed by atoms with van der Waals surface area (Å²) in [6, 6.07) is 14.9. The number of ether oxygens (including phenoxy) is 1. The molecule has 0 aliphatic carbocycles. The highest BCUT2D eigenvalue weighted by atomic mass is 16.5. The van der Waals surface area contributed by atoms with E-state index in [0.29, 0.717) is 5.56 Å². The number of amides is 1. The zero-order valence-corrected chi connectivity index (χ0v) is 12.0. The number of carbonyl (C=O) groups is 1. The molecular weight excluding hydrogens is 250 g/mol. The SMILES string of the molecule is Cc1c(OC(C)C)cccc1C(=O)Nc1ccccc1. The number of rotatable bonds is 4. The number of para-hydroxylation sites is 1. The average Bonchev–Trinajstić information content (AvgIpc) is 2.41. The van der Waals surface area contributed by atoms with Crippen molar-refractivity contribution in [3.63, 3.8) is 0 Å². The summed E-state index contributed by atoms with van der Waals surface area (Å²) >= 11 is 0. The molecule has 0 aliphatic rings. The minimum atomic E-state index is -0.122. The summed E-state index contributed by atoms with van der Waals surface area (Å²) in [4.78, 5) is 12.3. The number of carbonyl (C=O) groups excluding carboxylic acids is 1. The summed E-state index contributed by atoms with van der Waals surface area (Å²) in [6.07, 6.45) is 0.0844. The van der Waals surface area contributed by atoms with Crippen molar-refractivity contribution in [2.45, 2.75) is 26.9 Å². The molecule has 0 unspecified atom stereocenters. The lowest BCUT2D eigenvalue weighted by atomic mass is 10.1. The van der Waals surface area contributed by atoms with Gasteiger partial charge in [0.15, 0.2) is 0 Å². The Morgan fingerprint density at radius 3 is 2.40 bits per heavy atom. The van der Waals surface area contributed by atoms with Gasteiger partial charge in [0, 0.05) is 16.8 Å². The van der Waals surface area contributed by atoms with Crippen LogP contribution < -0.4 is 10.1 Å². The molecule has 1 N–H and O–H groups in total. The Balaban J connectivity index is 2.22. The molecule has 0 radical (unpaired) electrons. The van der Waals surface area contributed by atoms with Gasteiger partial charge in [0.05, 0.1) is 6.10 Å². The van der Waals surface area contributed by atoms with E-state index < -0.39 is 0 Å². The Labute approximate surface area is 119 Å². The highest BCUT2D eigenvalue weighted by Crippen LogP contribution is 2.23. The standard InChI is InChI=1S/C17H19NO2/c1-12(2)20-16-11-7-10-15(13(16)3)17(19)18-14-8-5-4-6-9-14/h4-12H,1-3H3,(H,18,19). The van der Waals surface area contributed by atoms with Crippen LogP contribution >= 0.6 is 0 Å². The van der Waals surface area contributed by atoms with Gasteiger partial charge in [-0.05, 0) is 45.0 Å². The van der Waals surface area contributed by atoms with Crippen LogP contribution in [0.25, 0.3) is 0 Å². The molecule has 20 heavy (non-hydrogen) atoms. The zero-order chi connectivity index (χ0) is 14.5. The first-order valence-corrected chi connectivity index (χ1v) is 6.70. The molecule has 0 fully saturated rings. The van der Waals surface area contributed by atoms with Crippen LogP contribution in [0, 0.1) is 6.92 Å². The Hall–Kier alpha value is -2.29. The van der Waals surface area contributed by atoms with Crippen molar-refractivity contribution in [1.82, 2.24) is 0 Å². The molecular formula is C17H19NO2. The Kier molecular flexibility index (Phi) is 4.41. The fraction of sp³-hybridized carbons (Fsp3) is 0.235. The second kappa shape index (κ2) is 6.24. The smallest absolute Gasteiger partial charge is 0.256 e. The van der Waals surface area contributed by atoms with E-state index in [0.717, 1.165) is 17.0 Å². The van der Waals surface area contributed by atoms with E-state index in [1.165, 1.54) is 0 Å². The number of anilines is 1. The molecule has 0 aromatic heterocycles. The van der Waals surface area contributed by atoms with Gasteiger partial charge in [-0.1, -0.05) is 24.3 Å². The van der Waals surface area contributed by atoms with Gasteiger partial charge in [0.25, 0.3) is 5.91 Å². The van der Waals surface area contributed by atoms with Gasteiger partial charge in [0.2, 0.25) is 0 Å². The molecule has 2 aromatic carbocycles. The molecule has 0 saturated carbocycles. The summed E-state index contributed by atoms with van der Waals surface area (Å²) in [5.74, 6) is 0.628. The number of hydrogen-bond donors (Lipinski definition) is 1. The molecule has 0 spiro atoms. The molecule has 2 aromatic rings. The summed E-state index contributed by atoms with van der Waals surface area (Å²) in [7, 11) is 0. The molecule has 104 valence electrons. The van der Waals surface area contributed by atoms with Crippen LogP contribution in [0.3, 0.4) is 0 Å². The summed E-state index contributed by atoms with van der Waals surface area (Å²) in [5, 5.41) is 2.89. The maximum Gasteiger partial charge on any atom is 0.256 e. The Morgan fingerprint density at radius 2 is 1.75 bits per heavy atom. The normalized spacial score (nSPS) is 10.4. The first kappa shape index (κ1) is 14.1. The number of benzene rings is 2. The first-order chi connectivity index (χ1) is 9.58. The van der Waals surface area contributed by atoms with Gasteiger partial charge < -0.3 is 10.1 Å². The van der Waals surface area contributed by atoms with Crippen LogP contribution in [0.1, 0.15) is 29.8 Å². The second-order valence-corrected chi connectivity index (χ2v) is 4.92. The molecule has 0 heterocycles. The van der Waals surface area contributed by atoms with Crippen molar-refractivity contribution < 1.29 is 9.53 Å². The van der Waals surface area contributed by atoms with E-state index in [4.69, 9.17) is 4.74 Å². The van der Waals surface area contributed by atoms with E-state index >= 15 is 0 Å². The minimum Gasteiger partial charge on any atom is -0.491 e. The highest BCUT2D eigenvalue weighted by molar-refractivity contribution is 6.05. The molecule has 3 heteroatoms. The van der Waals surface area contributed by atoms with Crippen LogP contribution in [0.15, 0.2) is 48.5 Å². The van der Waals surface area contributed by atoms with Gasteiger partial charge in [-0.15, -0.1) is 0 Å². The molecule has 3 nitrogen and oxygen atoms in total. The predicted octanol–water partition coefficient (Wildman–Crippen LogP) is 4.03. The number of hydrogen-bond acceptors (Lipinski definition) is 2. The van der Waals surface area contributed by atoms with Crippen LogP contribution in [0.4, 0.5) is 5.69 Å². The van der Waals surface area contributed by atoms with Gasteiger partial charge in [-0.3, -0.25) is 4.79 Å². The van der Waals surface area contributed by atoms with E-state index in [1.54, 1.807) is 6.07 Å². The van der Waals surface area contributed by atoms with Gasteiger partial charge >= 0.3 is 0 Å². The summed E-state index contributed by atoms with van der Waals surface area (Å²) in [5.41, 5.74) is 2.27. The molecule has 1 amide bonds. The van der Waals surface area contributed by atoms with Crippen LogP contribution in [-0.4, -0.2) is 12.0 Å². The monoisotopic (exact) mass is 269 g/mol. The van der Waals surface area contributed by atoms with E-state index in [9.17, 15) is 4.79 Å². The molecule has 0 saturated heterocycles. The molecule has 0 atom stereocenters. The van der Waals surface area contributed by atoms with Crippen molar-refractivity contribution in [1.29, 1.82) is 0 Å². The van der Waals surface area contributed by atoms with Gasteiger partial charge in [-0.2, -0.15) is 0 Å². The predicted molar refractivity (Wildman–Crippen MR) is 81.3 cm³/mol. The largest absolute Gasteiger partial charge is 0.491 e. The number of nitrogens with one attached hydrogen (secondary N) is 1. The zero-order valence-electron chi connectivity index (χ0n) is 12.0. The second-order valence-electron chi connectivity index (χ2n) is 4.92. The van der Waals surface area contributed by atoms with Crippen molar-refractivity contribution >= 4 is 11.6 Å². The van der Waals surface area contributed by atoms with E-state index in [-0.39, 0.29) is 12.0 Å². The summed E-state index contributed by atoms with van der Waals surface area (Å²) in [6.45, 7) is 5.84. The third-order valence-corrected chi connectivity index (χ3v) is 2.92. The quantitative estimate of drug-likeness (QED) is 0.909. The molecule has 2 rings (SSSR count). The van der Waals surface area contributed by atoms with Crippen molar-refractivity contribution in [3.05, 3.63) is 59.7 Å². The topological polar surface area (TPSA) is 38.3 Å². The molecule has 0 aliphatic heterocycles. The minimum absolute atomic E-state index is 0.0844. The molecule has 0 bridgehead atoms. The van der Waals surface area contributed by atoms with Crippen LogP contribution in [0.5, 0.6) is 5.75 Å². The third kappa shape index (κ3) is 3.38. The lowest BCUT2D eigenvalue weighted by Crippen LogP contribution is -2.15. The van der Waals surface area contributed by atoms with Crippen molar-refractivity contribution in [2.24, 2.45) is 0 Å². The van der Waals surface area contributed by atoms with E-state index in [1.807, 2.05) is 63.2 Å². The summed E-state index contributed by atoms with van der Waals surface area (Å²) < 4.78 is 5.71. The fourth-order valence-corrected chi connectivity index (χ4v) is 1.96. The first-order valence-electron chi connectivity index (χ1n) is 6.70. The van der Waals surface area contributed by atoms with Crippen molar-refractivity contribution in [2.75, 3.05) is 5.32 Å². The van der Waals surface area contributed by atoms with Gasteiger partial charge in [-0.25, -0.2) is 0 Å². The average molecular weight is 269 g/mol. The third-order valence-electron chi connectivity index (χ3n) is 2.92. The Bertz CT molecular complexity index is 591. The Morgan fingerprint density at radius 1 is 1.05 bits per heavy atom. The fourth-order valence-electron chi connectivity index (χ4n) is 1.96. The maximum absolute atomic E-state index is 12.3. The lowest BCUT2D eigenvalue weighted by molar-refractivity contribution is 0.102. The van der Waals surface area contributed by atoms with Crippen LogP contribution in [-0.2, 0) is 0 Å². The van der Waals surface area contributed by atoms with Crippen LogP contribution in [0.2, 0.25) is 0 Å². The van der Waals surface area contributed by atoms with Crippen molar-refractivity contribution in [3.8, 4) is 5.75 Å². The maximum atomic E-state index is 12.3.